The minimum atomic E-state index is -0.266. The van der Waals surface area contributed by atoms with Crippen molar-refractivity contribution >= 4 is 5.91 Å². The molecule has 29 heavy (non-hydrogen) atoms. The van der Waals surface area contributed by atoms with Gasteiger partial charge in [-0.2, -0.15) is 5.26 Å². The van der Waals surface area contributed by atoms with Crippen molar-refractivity contribution in [1.82, 2.24) is 14.7 Å². The molecule has 0 aliphatic carbocycles. The van der Waals surface area contributed by atoms with Crippen LogP contribution in [0.3, 0.4) is 0 Å². The van der Waals surface area contributed by atoms with Crippen molar-refractivity contribution in [1.29, 1.82) is 5.26 Å². The van der Waals surface area contributed by atoms with Gasteiger partial charge in [0.05, 0.1) is 18.2 Å². The predicted molar refractivity (Wildman–Crippen MR) is 110 cm³/mol. The summed E-state index contributed by atoms with van der Waals surface area (Å²) in [4.78, 5) is 18.9. The summed E-state index contributed by atoms with van der Waals surface area (Å²) in [7, 11) is 1.79. The van der Waals surface area contributed by atoms with Crippen molar-refractivity contribution in [3.8, 4) is 6.07 Å². The van der Waals surface area contributed by atoms with Crippen LogP contribution in [0, 0.1) is 17.1 Å². The molecule has 0 atom stereocenters. The fourth-order valence-electron chi connectivity index (χ4n) is 3.55. The Morgan fingerprint density at radius 3 is 2.31 bits per heavy atom. The molecule has 0 saturated carbocycles. The van der Waals surface area contributed by atoms with Gasteiger partial charge in [-0.15, -0.1) is 0 Å². The first-order valence-corrected chi connectivity index (χ1v) is 9.95. The zero-order valence-electron chi connectivity index (χ0n) is 16.9. The lowest BCUT2D eigenvalue weighted by atomic mass is 10.1. The van der Waals surface area contributed by atoms with Crippen molar-refractivity contribution in [2.24, 2.45) is 0 Å². The fourth-order valence-corrected chi connectivity index (χ4v) is 3.55. The van der Waals surface area contributed by atoms with Crippen LogP contribution in [0.4, 0.5) is 4.39 Å². The molecule has 1 fully saturated rings. The smallest absolute Gasteiger partial charge is 0.236 e. The molecule has 2 aromatic carbocycles. The Morgan fingerprint density at radius 2 is 1.62 bits per heavy atom. The van der Waals surface area contributed by atoms with E-state index in [1.807, 2.05) is 24.3 Å². The van der Waals surface area contributed by atoms with E-state index >= 15 is 0 Å². The van der Waals surface area contributed by atoms with Crippen molar-refractivity contribution < 1.29 is 9.18 Å². The van der Waals surface area contributed by atoms with Crippen LogP contribution in [0.2, 0.25) is 0 Å². The van der Waals surface area contributed by atoms with Gasteiger partial charge in [0.2, 0.25) is 5.91 Å². The minimum absolute atomic E-state index is 0.0786. The summed E-state index contributed by atoms with van der Waals surface area (Å²) in [6.45, 7) is 5.41. The van der Waals surface area contributed by atoms with Gasteiger partial charge in [-0.25, -0.2) is 4.39 Å². The van der Waals surface area contributed by atoms with E-state index in [4.69, 9.17) is 5.26 Å². The Hall–Kier alpha value is -2.75. The Bertz CT molecular complexity index is 845. The Morgan fingerprint density at radius 1 is 1.00 bits per heavy atom. The van der Waals surface area contributed by atoms with Crippen LogP contribution in [0.1, 0.15) is 23.1 Å². The molecule has 0 bridgehead atoms. The number of rotatable bonds is 6. The number of likely N-dealkylation sites (N-methyl/N-ethyl adjacent to an activating group) is 1. The number of amides is 1. The molecule has 1 aliphatic rings. The van der Waals surface area contributed by atoms with Gasteiger partial charge < -0.3 is 4.90 Å². The van der Waals surface area contributed by atoms with E-state index in [1.165, 1.54) is 17.7 Å². The molecular weight excluding hydrogens is 367 g/mol. The van der Waals surface area contributed by atoms with Crippen LogP contribution in [-0.4, -0.2) is 60.4 Å². The van der Waals surface area contributed by atoms with Crippen molar-refractivity contribution in [2.45, 2.75) is 19.5 Å². The molecule has 6 heteroatoms. The molecule has 1 amide bonds. The van der Waals surface area contributed by atoms with Crippen LogP contribution in [-0.2, 0) is 17.9 Å². The maximum Gasteiger partial charge on any atom is 0.236 e. The van der Waals surface area contributed by atoms with Crippen LogP contribution in [0.15, 0.2) is 48.5 Å². The monoisotopic (exact) mass is 394 g/mol. The van der Waals surface area contributed by atoms with Gasteiger partial charge in [0.15, 0.2) is 0 Å². The number of nitriles is 1. The van der Waals surface area contributed by atoms with Crippen LogP contribution < -0.4 is 0 Å². The fraction of sp³-hybridized carbons (Fsp3) is 0.391. The lowest BCUT2D eigenvalue weighted by Gasteiger charge is -2.24. The first-order valence-electron chi connectivity index (χ1n) is 9.95. The van der Waals surface area contributed by atoms with Gasteiger partial charge in [-0.3, -0.25) is 14.6 Å². The molecule has 0 unspecified atom stereocenters. The largest absolute Gasteiger partial charge is 0.340 e. The molecule has 0 N–H and O–H groups in total. The van der Waals surface area contributed by atoms with E-state index in [-0.39, 0.29) is 11.7 Å². The van der Waals surface area contributed by atoms with Crippen molar-refractivity contribution in [3.05, 3.63) is 71.0 Å². The number of hydrogen-bond donors (Lipinski definition) is 0. The van der Waals surface area contributed by atoms with Crippen molar-refractivity contribution in [3.63, 3.8) is 0 Å². The van der Waals surface area contributed by atoms with Gasteiger partial charge in [0, 0.05) is 33.2 Å². The number of carbonyl (C=O) groups excluding carboxylic acids is 1. The van der Waals surface area contributed by atoms with E-state index in [0.717, 1.165) is 44.7 Å². The Labute approximate surface area is 171 Å². The minimum Gasteiger partial charge on any atom is -0.340 e. The average molecular weight is 394 g/mol. The molecular formula is C23H27FN4O. The standard InChI is InChI=1S/C23H27FN4O/c1-26(16-20-7-9-22(24)10-8-20)23(29)18-28-12-2-11-27(13-14-28)17-21-5-3-19(15-25)4-6-21/h3-10H,2,11-14,16-18H2,1H3. The molecule has 0 aromatic heterocycles. The van der Waals surface area contributed by atoms with E-state index in [1.54, 1.807) is 24.1 Å². The highest BCUT2D eigenvalue weighted by atomic mass is 19.1. The first-order chi connectivity index (χ1) is 14.0. The zero-order valence-corrected chi connectivity index (χ0v) is 16.9. The summed E-state index contributed by atoms with van der Waals surface area (Å²) in [5.74, 6) is -0.187. The summed E-state index contributed by atoms with van der Waals surface area (Å²) >= 11 is 0. The molecule has 1 aliphatic heterocycles. The topological polar surface area (TPSA) is 50.6 Å². The maximum absolute atomic E-state index is 13.0. The number of nitrogens with zero attached hydrogens (tertiary/aromatic N) is 4. The van der Waals surface area contributed by atoms with E-state index in [9.17, 15) is 9.18 Å². The molecule has 2 aromatic rings. The van der Waals surface area contributed by atoms with E-state index < -0.39 is 0 Å². The third-order valence-electron chi connectivity index (χ3n) is 5.29. The summed E-state index contributed by atoms with van der Waals surface area (Å²) in [5, 5.41) is 8.91. The molecule has 0 radical (unpaired) electrons. The number of hydrogen-bond acceptors (Lipinski definition) is 4. The van der Waals surface area contributed by atoms with Gasteiger partial charge in [0.25, 0.3) is 0 Å². The van der Waals surface area contributed by atoms with E-state index in [2.05, 4.69) is 15.9 Å². The third kappa shape index (κ3) is 6.38. The second kappa shape index (κ2) is 10.1. The normalized spacial score (nSPS) is 15.5. The van der Waals surface area contributed by atoms with Crippen molar-refractivity contribution in [2.75, 3.05) is 39.8 Å². The summed E-state index contributed by atoms with van der Waals surface area (Å²) in [6, 6.07) is 16.1. The second-order valence-corrected chi connectivity index (χ2v) is 7.59. The quantitative estimate of drug-likeness (QED) is 0.756. The number of carbonyl (C=O) groups is 1. The van der Waals surface area contributed by atoms with Crippen LogP contribution in [0.25, 0.3) is 0 Å². The lowest BCUT2D eigenvalue weighted by molar-refractivity contribution is -0.131. The van der Waals surface area contributed by atoms with Gasteiger partial charge >= 0.3 is 0 Å². The second-order valence-electron chi connectivity index (χ2n) is 7.59. The molecule has 0 spiro atoms. The first kappa shape index (κ1) is 21.0. The summed E-state index contributed by atoms with van der Waals surface area (Å²) in [5.41, 5.74) is 2.80. The zero-order chi connectivity index (χ0) is 20.6. The molecule has 1 saturated heterocycles. The highest BCUT2D eigenvalue weighted by Gasteiger charge is 2.19. The Balaban J connectivity index is 1.46. The van der Waals surface area contributed by atoms with E-state index in [0.29, 0.717) is 18.7 Å². The molecule has 152 valence electrons. The Kier molecular flexibility index (Phi) is 7.34. The van der Waals surface area contributed by atoms with Gasteiger partial charge in [0.1, 0.15) is 5.82 Å². The SMILES string of the molecule is CN(Cc1ccc(F)cc1)C(=O)CN1CCCN(Cc2ccc(C#N)cc2)CC1. The van der Waals surface area contributed by atoms with Crippen LogP contribution in [0.5, 0.6) is 0 Å². The lowest BCUT2D eigenvalue weighted by Crippen LogP contribution is -2.39. The highest BCUT2D eigenvalue weighted by molar-refractivity contribution is 5.78. The van der Waals surface area contributed by atoms with Gasteiger partial charge in [-0.1, -0.05) is 24.3 Å². The maximum atomic E-state index is 13.0. The predicted octanol–water partition coefficient (Wildman–Crippen LogP) is 2.86. The molecule has 1 heterocycles. The molecule has 3 rings (SSSR count). The third-order valence-corrected chi connectivity index (χ3v) is 5.29. The average Bonchev–Trinajstić information content (AvgIpc) is 2.95. The van der Waals surface area contributed by atoms with Gasteiger partial charge in [-0.05, 0) is 54.9 Å². The molecule has 5 nitrogen and oxygen atoms in total. The summed E-state index contributed by atoms with van der Waals surface area (Å²) < 4.78 is 13.0. The van der Waals surface area contributed by atoms with Crippen LogP contribution >= 0.6 is 0 Å². The number of benzene rings is 2. The summed E-state index contributed by atoms with van der Waals surface area (Å²) in [6.07, 6.45) is 1.02. The number of halogens is 1. The highest BCUT2D eigenvalue weighted by Crippen LogP contribution is 2.11.